The van der Waals surface area contributed by atoms with Crippen molar-refractivity contribution in [1.82, 2.24) is 0 Å². The van der Waals surface area contributed by atoms with E-state index >= 15 is 0 Å². The molecule has 29 heavy (non-hydrogen) atoms. The van der Waals surface area contributed by atoms with E-state index < -0.39 is 0 Å². The first-order valence-electron chi connectivity index (χ1n) is 9.32. The number of nitrogens with zero attached hydrogens (tertiary/aromatic N) is 2. The lowest BCUT2D eigenvalue weighted by Crippen LogP contribution is -2.23. The average molecular weight is 400 g/mol. The maximum absolute atomic E-state index is 13.2. The van der Waals surface area contributed by atoms with Crippen molar-refractivity contribution in [2.45, 2.75) is 12.5 Å². The predicted octanol–water partition coefficient (Wildman–Crippen LogP) is 6.28. The smallest absolute Gasteiger partial charge is 0.342 e. The summed E-state index contributed by atoms with van der Waals surface area (Å²) in [6, 6.07) is 19.2. The summed E-state index contributed by atoms with van der Waals surface area (Å²) in [5.74, 6) is -0.294. The fraction of sp³-hybridized carbons (Fsp3) is 0.0870. The Labute approximate surface area is 170 Å². The Bertz CT molecular complexity index is 1390. The summed E-state index contributed by atoms with van der Waals surface area (Å²) in [6.45, 7) is 0.499. The van der Waals surface area contributed by atoms with E-state index in [1.807, 2.05) is 60.7 Å². The Morgan fingerprint density at radius 1 is 1.00 bits per heavy atom. The fourth-order valence-corrected chi connectivity index (χ4v) is 4.49. The standard InChI is InChI=1S/C23H14ClN3O2/c24-13-7-5-12(6-8-13)19-20-15-11-25-27-16(15)9-10-17(20)26-22-14-3-1-2-4-18(14)29-23(28)21(19)22/h1-10,19,26H,11H2. The third kappa shape index (κ3) is 2.37. The van der Waals surface area contributed by atoms with Crippen LogP contribution >= 0.6 is 11.6 Å². The van der Waals surface area contributed by atoms with Crippen LogP contribution in [-0.2, 0) is 6.54 Å². The van der Waals surface area contributed by atoms with Crippen molar-refractivity contribution in [2.24, 2.45) is 10.2 Å². The van der Waals surface area contributed by atoms with Crippen LogP contribution in [0.4, 0.5) is 17.1 Å². The van der Waals surface area contributed by atoms with Gasteiger partial charge in [-0.15, -0.1) is 0 Å². The Kier molecular flexibility index (Phi) is 3.43. The highest BCUT2D eigenvalue weighted by Gasteiger charge is 2.35. The number of anilines is 2. The van der Waals surface area contributed by atoms with Crippen LogP contribution in [0.1, 0.15) is 28.2 Å². The summed E-state index contributed by atoms with van der Waals surface area (Å²) < 4.78 is 5.70. The molecular weight excluding hydrogens is 386 g/mol. The molecule has 3 aromatic carbocycles. The van der Waals surface area contributed by atoms with Gasteiger partial charge in [-0.05, 0) is 47.5 Å². The molecule has 140 valence electrons. The molecule has 2 aliphatic rings. The van der Waals surface area contributed by atoms with Gasteiger partial charge in [0.15, 0.2) is 0 Å². The molecule has 0 spiro atoms. The molecule has 1 aromatic heterocycles. The molecule has 6 heteroatoms. The molecule has 3 heterocycles. The number of hydrogen-bond acceptors (Lipinski definition) is 5. The highest BCUT2D eigenvalue weighted by molar-refractivity contribution is 6.30. The van der Waals surface area contributed by atoms with Crippen LogP contribution in [0, 0.1) is 0 Å². The van der Waals surface area contributed by atoms with Gasteiger partial charge in [0.05, 0.1) is 23.5 Å². The minimum atomic E-state index is -0.346. The largest absolute Gasteiger partial charge is 0.422 e. The van der Waals surface area contributed by atoms with Crippen LogP contribution in [0.15, 0.2) is 80.1 Å². The second-order valence-electron chi connectivity index (χ2n) is 7.21. The van der Waals surface area contributed by atoms with Crippen molar-refractivity contribution in [3.8, 4) is 0 Å². The molecule has 0 bridgehead atoms. The molecule has 0 fully saturated rings. The normalized spacial score (nSPS) is 16.2. The number of hydrogen-bond donors (Lipinski definition) is 1. The summed E-state index contributed by atoms with van der Waals surface area (Å²) in [6.07, 6.45) is 0. The zero-order valence-corrected chi connectivity index (χ0v) is 15.9. The van der Waals surface area contributed by atoms with Gasteiger partial charge in [0.25, 0.3) is 0 Å². The first-order valence-corrected chi connectivity index (χ1v) is 9.70. The number of halogens is 1. The topological polar surface area (TPSA) is 67.0 Å². The highest BCUT2D eigenvalue weighted by atomic mass is 35.5. The molecule has 0 amide bonds. The van der Waals surface area contributed by atoms with Crippen molar-refractivity contribution in [3.05, 3.63) is 98.4 Å². The summed E-state index contributed by atoms with van der Waals surface area (Å²) in [4.78, 5) is 13.2. The first kappa shape index (κ1) is 16.5. The van der Waals surface area contributed by atoms with Crippen LogP contribution in [0.3, 0.4) is 0 Å². The Morgan fingerprint density at radius 3 is 2.69 bits per heavy atom. The Morgan fingerprint density at radius 2 is 1.83 bits per heavy atom. The fourth-order valence-electron chi connectivity index (χ4n) is 4.36. The van der Waals surface area contributed by atoms with E-state index in [0.717, 1.165) is 39.1 Å². The average Bonchev–Trinajstić information content (AvgIpc) is 3.22. The van der Waals surface area contributed by atoms with E-state index in [0.29, 0.717) is 22.7 Å². The van der Waals surface area contributed by atoms with Crippen LogP contribution < -0.4 is 10.9 Å². The van der Waals surface area contributed by atoms with Crippen LogP contribution in [0.25, 0.3) is 11.0 Å². The quantitative estimate of drug-likeness (QED) is 0.337. The van der Waals surface area contributed by atoms with Gasteiger partial charge >= 0.3 is 5.63 Å². The SMILES string of the molecule is O=c1oc2ccccc2c2c1C(c1ccc(Cl)cc1)c1c(ccc3c1CN=N3)N2. The van der Waals surface area contributed by atoms with Gasteiger partial charge in [0.1, 0.15) is 5.58 Å². The number of nitrogens with one attached hydrogen (secondary N) is 1. The van der Waals surface area contributed by atoms with E-state index in [2.05, 4.69) is 15.5 Å². The van der Waals surface area contributed by atoms with Crippen molar-refractivity contribution in [1.29, 1.82) is 0 Å². The predicted molar refractivity (Wildman–Crippen MR) is 113 cm³/mol. The minimum Gasteiger partial charge on any atom is -0.422 e. The lowest BCUT2D eigenvalue weighted by Gasteiger charge is -2.31. The van der Waals surface area contributed by atoms with Gasteiger partial charge in [0.2, 0.25) is 0 Å². The lowest BCUT2D eigenvalue weighted by molar-refractivity contribution is 0.548. The molecule has 0 radical (unpaired) electrons. The van der Waals surface area contributed by atoms with Crippen molar-refractivity contribution >= 4 is 39.6 Å². The van der Waals surface area contributed by atoms with Crippen LogP contribution in [0.5, 0.6) is 0 Å². The van der Waals surface area contributed by atoms with Crippen molar-refractivity contribution < 1.29 is 4.42 Å². The molecular formula is C23H14ClN3O2. The van der Waals surface area contributed by atoms with E-state index in [-0.39, 0.29) is 11.5 Å². The lowest BCUT2D eigenvalue weighted by atomic mass is 9.79. The zero-order chi connectivity index (χ0) is 19.5. The van der Waals surface area contributed by atoms with E-state index in [1.54, 1.807) is 0 Å². The summed E-state index contributed by atoms with van der Waals surface area (Å²) in [7, 11) is 0. The second kappa shape index (κ2) is 6.03. The second-order valence-corrected chi connectivity index (χ2v) is 7.64. The first-order chi connectivity index (χ1) is 14.2. The molecule has 4 aromatic rings. The maximum atomic E-state index is 13.2. The van der Waals surface area contributed by atoms with Crippen LogP contribution in [0.2, 0.25) is 5.02 Å². The van der Waals surface area contributed by atoms with Crippen molar-refractivity contribution in [3.63, 3.8) is 0 Å². The maximum Gasteiger partial charge on any atom is 0.342 e. The molecule has 1 N–H and O–H groups in total. The van der Waals surface area contributed by atoms with E-state index in [4.69, 9.17) is 16.0 Å². The highest BCUT2D eigenvalue weighted by Crippen LogP contribution is 2.50. The molecule has 6 rings (SSSR count). The van der Waals surface area contributed by atoms with E-state index in [1.165, 1.54) is 0 Å². The molecule has 0 saturated heterocycles. The minimum absolute atomic E-state index is 0.294. The molecule has 1 atom stereocenters. The molecule has 0 saturated carbocycles. The number of rotatable bonds is 1. The van der Waals surface area contributed by atoms with Crippen molar-refractivity contribution in [2.75, 3.05) is 5.32 Å². The van der Waals surface area contributed by atoms with Gasteiger partial charge in [0, 0.05) is 27.6 Å². The van der Waals surface area contributed by atoms with Gasteiger partial charge in [-0.25, -0.2) is 4.79 Å². The van der Waals surface area contributed by atoms with Crippen LogP contribution in [-0.4, -0.2) is 0 Å². The van der Waals surface area contributed by atoms with E-state index in [9.17, 15) is 4.79 Å². The number of azo groups is 1. The molecule has 5 nitrogen and oxygen atoms in total. The zero-order valence-electron chi connectivity index (χ0n) is 15.1. The number of fused-ring (bicyclic) bond motifs is 6. The number of para-hydroxylation sites is 1. The third-order valence-corrected chi connectivity index (χ3v) is 5.88. The van der Waals surface area contributed by atoms with Gasteiger partial charge < -0.3 is 9.73 Å². The van der Waals surface area contributed by atoms with Gasteiger partial charge in [-0.1, -0.05) is 35.9 Å². The van der Waals surface area contributed by atoms with Gasteiger partial charge in [-0.3, -0.25) is 0 Å². The summed E-state index contributed by atoms with van der Waals surface area (Å²) in [5, 5.41) is 13.5. The Balaban J connectivity index is 1.72. The Hall–Kier alpha value is -3.44. The molecule has 0 aliphatic carbocycles. The number of benzene rings is 3. The third-order valence-electron chi connectivity index (χ3n) is 5.63. The summed E-state index contributed by atoms with van der Waals surface area (Å²) >= 11 is 6.13. The monoisotopic (exact) mass is 399 g/mol. The van der Waals surface area contributed by atoms with Gasteiger partial charge in [-0.2, -0.15) is 10.2 Å². The molecule has 1 unspecified atom stereocenters. The summed E-state index contributed by atoms with van der Waals surface area (Å²) in [5.41, 5.74) is 6.43. The molecule has 2 aliphatic heterocycles.